The number of aryl methyl sites for hydroxylation is 1. The minimum Gasteiger partial charge on any atom is -0.399 e. The van der Waals surface area contributed by atoms with Crippen LogP contribution in [0, 0.1) is 6.92 Å². The molecule has 3 rings (SSSR count). The number of nitrogens with one attached hydrogen (secondary N) is 1. The fourth-order valence-electron chi connectivity index (χ4n) is 2.22. The van der Waals surface area contributed by atoms with Crippen LogP contribution in [-0.4, -0.2) is 12.1 Å². The maximum atomic E-state index is 12.2. The Morgan fingerprint density at radius 1 is 1.35 bits per heavy atom. The Labute approximate surface area is 123 Å². The number of hydrogen-bond acceptors (Lipinski definition) is 3. The van der Waals surface area contributed by atoms with Crippen LogP contribution in [0.15, 0.2) is 47.4 Å². The predicted octanol–water partition coefficient (Wildman–Crippen LogP) is 3.02. The molecule has 2 aromatic rings. The Hall–Kier alpha value is -2.62. The van der Waals surface area contributed by atoms with E-state index >= 15 is 0 Å². The van der Waals surface area contributed by atoms with Gasteiger partial charge in [-0.25, -0.2) is 0 Å². The van der Waals surface area contributed by atoms with Crippen LogP contribution in [-0.2, 0) is 4.79 Å². The van der Waals surface area contributed by atoms with Crippen molar-refractivity contribution in [3.63, 3.8) is 0 Å². The van der Waals surface area contributed by atoms with Crippen LogP contribution in [0.1, 0.15) is 22.5 Å². The first-order valence-corrected chi connectivity index (χ1v) is 6.13. The van der Waals surface area contributed by atoms with Gasteiger partial charge in [0.1, 0.15) is 5.92 Å². The van der Waals surface area contributed by atoms with Crippen LogP contribution in [0.4, 0.5) is 17.1 Å². The van der Waals surface area contributed by atoms with E-state index in [1.807, 2.05) is 19.1 Å². The van der Waals surface area contributed by atoms with E-state index in [9.17, 15) is 4.79 Å². The highest BCUT2D eigenvalue weighted by Crippen LogP contribution is 2.34. The molecule has 1 unspecified atom stereocenters. The van der Waals surface area contributed by atoms with Crippen molar-refractivity contribution in [2.24, 2.45) is 4.99 Å². The number of nitrogens with zero attached hydrogens (tertiary/aromatic N) is 1. The van der Waals surface area contributed by atoms with Crippen molar-refractivity contribution in [2.75, 3.05) is 11.1 Å². The molecule has 0 saturated heterocycles. The van der Waals surface area contributed by atoms with Gasteiger partial charge in [0.05, 0.1) is 11.2 Å². The first kappa shape index (κ1) is 8.53. The molecule has 0 radical (unpaired) electrons. The summed E-state index contributed by atoms with van der Waals surface area (Å²) >= 11 is 0. The molecule has 2 aromatic carbocycles. The van der Waals surface area contributed by atoms with Crippen LogP contribution < -0.4 is 11.1 Å². The van der Waals surface area contributed by atoms with Gasteiger partial charge in [-0.1, -0.05) is 12.1 Å². The number of hydrogen-bond donors (Lipinski definition) is 2. The summed E-state index contributed by atoms with van der Waals surface area (Å²) in [5, 5.41) is 2.77. The maximum Gasteiger partial charge on any atom is 0.237 e. The van der Waals surface area contributed by atoms with E-state index in [2.05, 4.69) is 10.3 Å². The van der Waals surface area contributed by atoms with E-state index in [0.29, 0.717) is 5.69 Å². The second-order valence-electron chi connectivity index (χ2n) is 4.54. The van der Waals surface area contributed by atoms with E-state index in [1.54, 1.807) is 6.07 Å². The normalized spacial score (nSPS) is 20.1. The lowest BCUT2D eigenvalue weighted by molar-refractivity contribution is -0.115. The van der Waals surface area contributed by atoms with Crippen molar-refractivity contribution in [3.05, 3.63) is 53.5 Å². The summed E-state index contributed by atoms with van der Waals surface area (Å²) in [7, 11) is 0. The number of rotatable bonds is 2. The average molecular weight is 269 g/mol. The maximum absolute atomic E-state index is 12.2. The molecule has 1 heterocycles. The molecule has 4 nitrogen and oxygen atoms in total. The van der Waals surface area contributed by atoms with Gasteiger partial charge in [0.25, 0.3) is 0 Å². The van der Waals surface area contributed by atoms with Gasteiger partial charge in [-0.3, -0.25) is 9.79 Å². The molecule has 1 aliphatic heterocycles. The van der Waals surface area contributed by atoms with Crippen LogP contribution in [0.5, 0.6) is 0 Å². The lowest BCUT2D eigenvalue weighted by Gasteiger charge is -2.05. The average Bonchev–Trinajstić information content (AvgIpc) is 2.88. The largest absolute Gasteiger partial charge is 0.399 e. The second-order valence-corrected chi connectivity index (χ2v) is 4.54. The lowest BCUT2D eigenvalue weighted by Crippen LogP contribution is -2.13. The second kappa shape index (κ2) is 4.81. The number of benzene rings is 2. The molecule has 0 aromatic heterocycles. The molecule has 0 bridgehead atoms. The Morgan fingerprint density at radius 2 is 2.10 bits per heavy atom. The zero-order valence-corrected chi connectivity index (χ0v) is 10.8. The summed E-state index contributed by atoms with van der Waals surface area (Å²) in [6.45, 7) is 1.89. The van der Waals surface area contributed by atoms with E-state index < -0.39 is 5.92 Å². The Kier molecular flexibility index (Phi) is 2.05. The van der Waals surface area contributed by atoms with Gasteiger partial charge in [0.2, 0.25) is 5.91 Å². The third kappa shape index (κ3) is 2.16. The number of nitrogen functional groups attached to an aromatic ring is 1. The molecule has 1 aliphatic rings. The van der Waals surface area contributed by atoms with Gasteiger partial charge < -0.3 is 11.1 Å². The Morgan fingerprint density at radius 3 is 2.85 bits per heavy atom. The summed E-state index contributed by atoms with van der Waals surface area (Å²) in [5.41, 5.74) is 7.64. The zero-order chi connectivity index (χ0) is 17.6. The van der Waals surface area contributed by atoms with Crippen molar-refractivity contribution in [1.82, 2.24) is 0 Å². The number of nitrogens with two attached hydrogens (primary N) is 1. The van der Waals surface area contributed by atoms with E-state index in [1.165, 1.54) is 6.21 Å². The van der Waals surface area contributed by atoms with E-state index in [4.69, 9.17) is 11.2 Å². The molecule has 0 aliphatic carbocycles. The summed E-state index contributed by atoms with van der Waals surface area (Å²) in [6, 6.07) is 4.20. The smallest absolute Gasteiger partial charge is 0.237 e. The number of fused-ring (bicyclic) bond motifs is 1. The molecule has 0 saturated carbocycles. The molecular weight excluding hydrogens is 250 g/mol. The number of amides is 1. The fraction of sp³-hybridized carbons (Fsp3) is 0.125. The van der Waals surface area contributed by atoms with Crippen LogP contribution in [0.3, 0.4) is 0 Å². The first-order valence-electron chi connectivity index (χ1n) is 8.13. The van der Waals surface area contributed by atoms with Crippen LogP contribution >= 0.6 is 0 Å². The first-order chi connectivity index (χ1) is 11.3. The van der Waals surface area contributed by atoms with Crippen molar-refractivity contribution < 1.29 is 10.3 Å². The SMILES string of the molecule is [2H]c1c([2H])c(N=CC2C(=O)Nc3cccc(C)c32)c([2H])c([2H])c1N. The van der Waals surface area contributed by atoms with Gasteiger partial charge >= 0.3 is 0 Å². The summed E-state index contributed by atoms with van der Waals surface area (Å²) in [4.78, 5) is 16.3. The van der Waals surface area contributed by atoms with E-state index in [0.717, 1.165) is 11.1 Å². The van der Waals surface area contributed by atoms with Gasteiger partial charge in [-0.15, -0.1) is 0 Å². The molecule has 3 N–H and O–H groups in total. The van der Waals surface area contributed by atoms with Crippen molar-refractivity contribution in [2.45, 2.75) is 12.8 Å². The topological polar surface area (TPSA) is 67.5 Å². The zero-order valence-electron chi connectivity index (χ0n) is 14.8. The molecule has 1 amide bonds. The third-order valence-electron chi connectivity index (χ3n) is 3.16. The molecule has 1 atom stereocenters. The van der Waals surface area contributed by atoms with E-state index in [-0.39, 0.29) is 41.5 Å². The number of anilines is 2. The molecular formula is C16H15N3O. The van der Waals surface area contributed by atoms with Crippen molar-refractivity contribution >= 4 is 29.2 Å². The molecule has 0 fully saturated rings. The molecule has 100 valence electrons. The van der Waals surface area contributed by atoms with Gasteiger partial charge in [-0.2, -0.15) is 0 Å². The Bertz CT molecular complexity index is 866. The molecule has 4 heteroatoms. The molecule has 0 spiro atoms. The predicted molar refractivity (Wildman–Crippen MR) is 81.6 cm³/mol. The van der Waals surface area contributed by atoms with Crippen LogP contribution in [0.2, 0.25) is 0 Å². The monoisotopic (exact) mass is 269 g/mol. The highest BCUT2D eigenvalue weighted by atomic mass is 16.2. The third-order valence-corrected chi connectivity index (χ3v) is 3.16. The summed E-state index contributed by atoms with van der Waals surface area (Å²) in [5.74, 6) is -0.880. The highest BCUT2D eigenvalue weighted by Gasteiger charge is 2.30. The van der Waals surface area contributed by atoms with Gasteiger partial charge in [0.15, 0.2) is 0 Å². The minimum atomic E-state index is -0.638. The molecule has 20 heavy (non-hydrogen) atoms. The summed E-state index contributed by atoms with van der Waals surface area (Å²) in [6.07, 6.45) is 1.36. The standard InChI is InChI=1S/C16H15N3O/c1-10-3-2-4-14-15(10)13(16(20)19-14)9-18-12-7-5-11(17)6-8-12/h2-9,13H,17H2,1H3,(H,19,20)/i5D,6D,7D,8D. The van der Waals surface area contributed by atoms with Gasteiger partial charge in [0, 0.05) is 17.6 Å². The van der Waals surface area contributed by atoms with Crippen molar-refractivity contribution in [1.29, 1.82) is 0 Å². The lowest BCUT2D eigenvalue weighted by atomic mass is 9.97. The summed E-state index contributed by atoms with van der Waals surface area (Å²) < 4.78 is 31.3. The Balaban J connectivity index is 2.07. The van der Waals surface area contributed by atoms with Crippen LogP contribution in [0.25, 0.3) is 0 Å². The van der Waals surface area contributed by atoms with Gasteiger partial charge in [-0.05, 0) is 48.3 Å². The quantitative estimate of drug-likeness (QED) is 0.650. The minimum absolute atomic E-state index is 0.131. The number of carbonyl (C=O) groups excluding carboxylic acids is 1. The highest BCUT2D eigenvalue weighted by molar-refractivity contribution is 6.13. The number of carbonyl (C=O) groups is 1. The fourth-order valence-corrected chi connectivity index (χ4v) is 2.22. The number of aliphatic imine (C=N–C) groups is 1. The van der Waals surface area contributed by atoms with Crippen molar-refractivity contribution in [3.8, 4) is 0 Å².